The Kier molecular flexibility index (Phi) is 3.58. The van der Waals surface area contributed by atoms with E-state index in [0.717, 1.165) is 13.8 Å². The van der Waals surface area contributed by atoms with Crippen LogP contribution in [0.25, 0.3) is 0 Å². The summed E-state index contributed by atoms with van der Waals surface area (Å²) in [5, 5.41) is 0. The average Bonchev–Trinajstić information content (AvgIpc) is 2.01. The smallest absolute Gasteiger partial charge is 0.292 e. The van der Waals surface area contributed by atoms with Crippen molar-refractivity contribution in [1.29, 1.82) is 0 Å². The van der Waals surface area contributed by atoms with E-state index in [1.807, 2.05) is 0 Å². The monoisotopic (exact) mass is 222 g/mol. The zero-order valence-corrected chi connectivity index (χ0v) is 7.33. The first kappa shape index (κ1) is 13.2. The number of alkyl halides is 6. The van der Waals surface area contributed by atoms with Crippen molar-refractivity contribution >= 4 is 5.78 Å². The lowest BCUT2D eigenvalue weighted by Crippen LogP contribution is -2.53. The number of rotatable bonds is 4. The summed E-state index contributed by atoms with van der Waals surface area (Å²) in [6.45, 7) is 1.86. The Morgan fingerprint density at radius 1 is 1.07 bits per heavy atom. The van der Waals surface area contributed by atoms with Gasteiger partial charge in [-0.1, -0.05) is 13.8 Å². The predicted octanol–water partition coefficient (Wildman–Crippen LogP) is 2.75. The zero-order valence-electron chi connectivity index (χ0n) is 7.33. The molecule has 84 valence electrons. The number of hydrogen-bond acceptors (Lipinski definition) is 1. The molecule has 0 spiro atoms. The van der Waals surface area contributed by atoms with Gasteiger partial charge in [-0.2, -0.15) is 17.6 Å². The summed E-state index contributed by atoms with van der Waals surface area (Å²) >= 11 is 0. The largest absolute Gasteiger partial charge is 0.376 e. The van der Waals surface area contributed by atoms with Gasteiger partial charge in [-0.05, 0) is 0 Å². The van der Waals surface area contributed by atoms with Crippen molar-refractivity contribution in [3.8, 4) is 0 Å². The minimum absolute atomic E-state index is 0.928. The van der Waals surface area contributed by atoms with Crippen molar-refractivity contribution in [2.75, 3.05) is 0 Å². The van der Waals surface area contributed by atoms with Gasteiger partial charge in [-0.25, -0.2) is 8.78 Å². The third-order valence-electron chi connectivity index (χ3n) is 1.53. The molecule has 0 aromatic rings. The van der Waals surface area contributed by atoms with Gasteiger partial charge in [0.15, 0.2) is 0 Å². The highest BCUT2D eigenvalue weighted by molar-refractivity contribution is 5.88. The van der Waals surface area contributed by atoms with Gasteiger partial charge in [0.25, 0.3) is 0 Å². The summed E-state index contributed by atoms with van der Waals surface area (Å²) in [5.41, 5.74) is 0. The molecule has 0 aliphatic heterocycles. The van der Waals surface area contributed by atoms with E-state index < -0.39 is 30.0 Å². The van der Waals surface area contributed by atoms with Crippen molar-refractivity contribution in [2.45, 2.75) is 32.1 Å². The van der Waals surface area contributed by atoms with Crippen molar-refractivity contribution in [2.24, 2.45) is 5.92 Å². The topological polar surface area (TPSA) is 17.1 Å². The third kappa shape index (κ3) is 2.01. The molecule has 0 heterocycles. The number of ketones is 1. The first-order valence-corrected chi connectivity index (χ1v) is 3.63. The number of hydrogen-bond donors (Lipinski definition) is 0. The minimum atomic E-state index is -5.62. The Morgan fingerprint density at radius 2 is 1.43 bits per heavy atom. The molecule has 14 heavy (non-hydrogen) atoms. The fourth-order valence-electron chi connectivity index (χ4n) is 0.664. The summed E-state index contributed by atoms with van der Waals surface area (Å²) in [6.07, 6.45) is -4.57. The van der Waals surface area contributed by atoms with Crippen molar-refractivity contribution in [1.82, 2.24) is 0 Å². The Balaban J connectivity index is 5.04. The van der Waals surface area contributed by atoms with Crippen molar-refractivity contribution in [3.63, 3.8) is 0 Å². The van der Waals surface area contributed by atoms with E-state index in [4.69, 9.17) is 0 Å². The van der Waals surface area contributed by atoms with E-state index in [0.29, 0.717) is 0 Å². The summed E-state index contributed by atoms with van der Waals surface area (Å²) < 4.78 is 72.6. The van der Waals surface area contributed by atoms with E-state index in [-0.39, 0.29) is 0 Å². The molecule has 0 saturated carbocycles. The standard InChI is InChI=1S/C7H8F6O/c1-3(2)4(14)6(10,11)7(12,13)5(8)9/h3,5H,1-2H3. The Hall–Kier alpha value is -0.750. The first-order valence-electron chi connectivity index (χ1n) is 3.63. The molecular weight excluding hydrogens is 214 g/mol. The molecule has 0 unspecified atom stereocenters. The molecular formula is C7H8F6O. The quantitative estimate of drug-likeness (QED) is 0.668. The second-order valence-electron chi connectivity index (χ2n) is 3.02. The lowest BCUT2D eigenvalue weighted by molar-refractivity contribution is -0.254. The molecule has 0 radical (unpaired) electrons. The van der Waals surface area contributed by atoms with Crippen LogP contribution in [0.15, 0.2) is 0 Å². The van der Waals surface area contributed by atoms with Gasteiger partial charge >= 0.3 is 18.3 Å². The second-order valence-corrected chi connectivity index (χ2v) is 3.02. The van der Waals surface area contributed by atoms with Crippen LogP contribution in [-0.4, -0.2) is 24.1 Å². The van der Waals surface area contributed by atoms with Crippen LogP contribution in [0.1, 0.15) is 13.8 Å². The number of Topliss-reactive ketones (excluding diaryl/α,β-unsaturated/α-hetero) is 1. The molecule has 0 aromatic heterocycles. The molecule has 0 aliphatic carbocycles. The highest BCUT2D eigenvalue weighted by atomic mass is 19.3. The van der Waals surface area contributed by atoms with Gasteiger partial charge < -0.3 is 0 Å². The normalized spacial score (nSPS) is 13.9. The fraction of sp³-hybridized carbons (Fsp3) is 0.857. The molecule has 1 nitrogen and oxygen atoms in total. The van der Waals surface area contributed by atoms with E-state index in [1.165, 1.54) is 0 Å². The number of carbonyl (C=O) groups is 1. The Morgan fingerprint density at radius 3 is 1.64 bits per heavy atom. The molecule has 0 saturated heterocycles. The molecule has 0 bridgehead atoms. The number of carbonyl (C=O) groups excluding carboxylic acids is 1. The lowest BCUT2D eigenvalue weighted by atomic mass is 9.98. The third-order valence-corrected chi connectivity index (χ3v) is 1.53. The SMILES string of the molecule is CC(C)C(=O)C(F)(F)C(F)(F)C(F)F. The molecule has 0 amide bonds. The van der Waals surface area contributed by atoms with Crippen molar-refractivity contribution in [3.05, 3.63) is 0 Å². The van der Waals surface area contributed by atoms with E-state index in [2.05, 4.69) is 0 Å². The summed E-state index contributed by atoms with van der Waals surface area (Å²) in [4.78, 5) is 10.6. The van der Waals surface area contributed by atoms with E-state index >= 15 is 0 Å². The zero-order chi connectivity index (χ0) is 11.7. The Labute approximate surface area is 76.1 Å². The molecule has 0 rings (SSSR count). The van der Waals surface area contributed by atoms with Crippen LogP contribution in [0.2, 0.25) is 0 Å². The van der Waals surface area contributed by atoms with E-state index in [1.54, 1.807) is 0 Å². The Bertz CT molecular complexity index is 222. The minimum Gasteiger partial charge on any atom is -0.292 e. The van der Waals surface area contributed by atoms with Crippen LogP contribution in [0.4, 0.5) is 26.3 Å². The highest BCUT2D eigenvalue weighted by Crippen LogP contribution is 2.40. The molecule has 7 heteroatoms. The fourth-order valence-corrected chi connectivity index (χ4v) is 0.664. The summed E-state index contributed by atoms with van der Waals surface area (Å²) in [7, 11) is 0. The van der Waals surface area contributed by atoms with Crippen LogP contribution in [-0.2, 0) is 4.79 Å². The molecule has 0 atom stereocenters. The van der Waals surface area contributed by atoms with Crippen LogP contribution in [0.5, 0.6) is 0 Å². The van der Waals surface area contributed by atoms with Gasteiger partial charge in [-0.15, -0.1) is 0 Å². The molecule has 0 aromatic carbocycles. The average molecular weight is 222 g/mol. The van der Waals surface area contributed by atoms with Crippen LogP contribution in [0.3, 0.4) is 0 Å². The van der Waals surface area contributed by atoms with Crippen molar-refractivity contribution < 1.29 is 31.1 Å². The maximum atomic E-state index is 12.5. The molecule has 0 fully saturated rings. The summed E-state index contributed by atoms with van der Waals surface area (Å²) in [5.74, 6) is -14.6. The van der Waals surface area contributed by atoms with Gasteiger partial charge in [0.1, 0.15) is 0 Å². The van der Waals surface area contributed by atoms with Gasteiger partial charge in [0, 0.05) is 5.92 Å². The maximum absolute atomic E-state index is 12.5. The second kappa shape index (κ2) is 3.78. The maximum Gasteiger partial charge on any atom is 0.376 e. The first-order chi connectivity index (χ1) is 6.05. The van der Waals surface area contributed by atoms with Gasteiger partial charge in [0.05, 0.1) is 0 Å². The molecule has 0 N–H and O–H groups in total. The van der Waals surface area contributed by atoms with Crippen LogP contribution in [0, 0.1) is 5.92 Å². The molecule has 0 aliphatic rings. The van der Waals surface area contributed by atoms with Crippen LogP contribution >= 0.6 is 0 Å². The van der Waals surface area contributed by atoms with Gasteiger partial charge in [0.2, 0.25) is 5.78 Å². The van der Waals surface area contributed by atoms with Crippen LogP contribution < -0.4 is 0 Å². The summed E-state index contributed by atoms with van der Waals surface area (Å²) in [6, 6.07) is 0. The lowest BCUT2D eigenvalue weighted by Gasteiger charge is -2.25. The van der Waals surface area contributed by atoms with E-state index in [9.17, 15) is 31.1 Å². The predicted molar refractivity (Wildman–Crippen MR) is 35.7 cm³/mol. The number of halogens is 6. The highest BCUT2D eigenvalue weighted by Gasteiger charge is 2.67. The van der Waals surface area contributed by atoms with Gasteiger partial charge in [-0.3, -0.25) is 4.79 Å².